The van der Waals surface area contributed by atoms with Gasteiger partial charge in [-0.25, -0.2) is 4.58 Å². The standard InChI is InChI=1S/C5H10N/c1-6(2)5-3-4-5/h3-4H2,1-2H3/q+1. The lowest BCUT2D eigenvalue weighted by atomic mass is 10.8. The predicted molar refractivity (Wildman–Crippen MR) is 26.3 cm³/mol. The molecule has 0 N–H and O–H groups in total. The molecule has 0 atom stereocenters. The van der Waals surface area contributed by atoms with Gasteiger partial charge in [0, 0.05) is 12.8 Å². The van der Waals surface area contributed by atoms with Gasteiger partial charge >= 0.3 is 0 Å². The third-order valence-electron chi connectivity index (χ3n) is 1.11. The topological polar surface area (TPSA) is 3.01 Å². The highest BCUT2D eigenvalue weighted by Crippen LogP contribution is 2.11. The second-order valence-corrected chi connectivity index (χ2v) is 1.96. The van der Waals surface area contributed by atoms with Gasteiger partial charge < -0.3 is 0 Å². The number of nitrogens with zero attached hydrogens (tertiary/aromatic N) is 1. The second-order valence-electron chi connectivity index (χ2n) is 1.96. The van der Waals surface area contributed by atoms with Gasteiger partial charge in [-0.1, -0.05) is 0 Å². The molecular weight excluding hydrogens is 74.1 g/mol. The maximum atomic E-state index is 2.19. The van der Waals surface area contributed by atoms with Crippen molar-refractivity contribution in [2.75, 3.05) is 14.1 Å². The quantitative estimate of drug-likeness (QED) is 0.376. The maximum Gasteiger partial charge on any atom is 0.152 e. The van der Waals surface area contributed by atoms with E-state index in [9.17, 15) is 0 Å². The highest BCUT2D eigenvalue weighted by atomic mass is 15.0. The van der Waals surface area contributed by atoms with Crippen LogP contribution in [0.5, 0.6) is 0 Å². The summed E-state index contributed by atoms with van der Waals surface area (Å²) >= 11 is 0. The summed E-state index contributed by atoms with van der Waals surface area (Å²) in [6.45, 7) is 0. The van der Waals surface area contributed by atoms with E-state index in [1.54, 1.807) is 5.71 Å². The zero-order valence-corrected chi connectivity index (χ0v) is 4.36. The van der Waals surface area contributed by atoms with Crippen LogP contribution in [-0.2, 0) is 0 Å². The Labute approximate surface area is 38.3 Å². The first-order chi connectivity index (χ1) is 2.80. The van der Waals surface area contributed by atoms with E-state index in [1.165, 1.54) is 12.8 Å². The Kier molecular flexibility index (Phi) is 0.685. The van der Waals surface area contributed by atoms with Crippen molar-refractivity contribution in [1.29, 1.82) is 0 Å². The molecule has 1 nitrogen and oxygen atoms in total. The van der Waals surface area contributed by atoms with Crippen molar-refractivity contribution in [2.45, 2.75) is 12.8 Å². The number of rotatable bonds is 0. The molecule has 0 aromatic heterocycles. The fraction of sp³-hybridized carbons (Fsp3) is 0.800. The first-order valence-corrected chi connectivity index (χ1v) is 2.33. The van der Waals surface area contributed by atoms with Crippen LogP contribution in [0.1, 0.15) is 12.8 Å². The van der Waals surface area contributed by atoms with Crippen LogP contribution in [0.3, 0.4) is 0 Å². The molecule has 34 valence electrons. The van der Waals surface area contributed by atoms with Crippen LogP contribution < -0.4 is 0 Å². The Hall–Kier alpha value is -0.330. The van der Waals surface area contributed by atoms with E-state index >= 15 is 0 Å². The summed E-state index contributed by atoms with van der Waals surface area (Å²) < 4.78 is 2.19. The molecule has 0 spiro atoms. The second kappa shape index (κ2) is 1.07. The summed E-state index contributed by atoms with van der Waals surface area (Å²) in [6, 6.07) is 0. The Morgan fingerprint density at radius 1 is 1.33 bits per heavy atom. The molecule has 0 unspecified atom stereocenters. The fourth-order valence-corrected chi connectivity index (χ4v) is 0.503. The normalized spacial score (nSPS) is 18.0. The van der Waals surface area contributed by atoms with Gasteiger partial charge in [0.15, 0.2) is 5.71 Å². The summed E-state index contributed by atoms with van der Waals surface area (Å²) in [4.78, 5) is 0. The smallest absolute Gasteiger partial charge is 0.152 e. The molecule has 1 aliphatic rings. The Balaban J connectivity index is 2.61. The van der Waals surface area contributed by atoms with E-state index < -0.39 is 0 Å². The maximum absolute atomic E-state index is 2.19. The molecule has 1 fully saturated rings. The van der Waals surface area contributed by atoms with E-state index in [2.05, 4.69) is 18.7 Å². The highest BCUT2D eigenvalue weighted by molar-refractivity contribution is 5.93. The van der Waals surface area contributed by atoms with Gasteiger partial charge in [0.05, 0.1) is 0 Å². The SMILES string of the molecule is C[N+](C)=C1CC1. The van der Waals surface area contributed by atoms with Gasteiger partial charge in [0.25, 0.3) is 0 Å². The van der Waals surface area contributed by atoms with Crippen molar-refractivity contribution in [3.05, 3.63) is 0 Å². The summed E-state index contributed by atoms with van der Waals surface area (Å²) in [5.74, 6) is 0. The number of hydrogen-bond donors (Lipinski definition) is 0. The molecule has 0 aromatic rings. The zero-order valence-electron chi connectivity index (χ0n) is 4.36. The molecule has 1 aliphatic carbocycles. The van der Waals surface area contributed by atoms with E-state index in [0.29, 0.717) is 0 Å². The van der Waals surface area contributed by atoms with E-state index in [4.69, 9.17) is 0 Å². The molecule has 0 radical (unpaired) electrons. The molecule has 0 aliphatic heterocycles. The molecule has 0 saturated heterocycles. The van der Waals surface area contributed by atoms with E-state index in [1.807, 2.05) is 0 Å². The molecule has 0 bridgehead atoms. The molecule has 1 rings (SSSR count). The minimum absolute atomic E-state index is 1.34. The largest absolute Gasteiger partial charge is 0.242 e. The Morgan fingerprint density at radius 3 is 1.83 bits per heavy atom. The zero-order chi connectivity index (χ0) is 4.57. The molecule has 1 saturated carbocycles. The van der Waals surface area contributed by atoms with Crippen molar-refractivity contribution in [2.24, 2.45) is 0 Å². The van der Waals surface area contributed by atoms with Gasteiger partial charge in [-0.15, -0.1) is 0 Å². The van der Waals surface area contributed by atoms with Crippen LogP contribution in [0.15, 0.2) is 0 Å². The predicted octanol–water partition coefficient (Wildman–Crippen LogP) is 0.493. The van der Waals surface area contributed by atoms with E-state index in [0.717, 1.165) is 0 Å². The van der Waals surface area contributed by atoms with Gasteiger partial charge in [-0.2, -0.15) is 0 Å². The first-order valence-electron chi connectivity index (χ1n) is 2.33. The van der Waals surface area contributed by atoms with Crippen LogP contribution >= 0.6 is 0 Å². The fourth-order valence-electron chi connectivity index (χ4n) is 0.503. The molecule has 6 heavy (non-hydrogen) atoms. The van der Waals surface area contributed by atoms with Crippen molar-refractivity contribution in [3.8, 4) is 0 Å². The average Bonchev–Trinajstić information content (AvgIpc) is 2.06. The van der Waals surface area contributed by atoms with Crippen molar-refractivity contribution < 1.29 is 4.58 Å². The Bertz CT molecular complexity index is 82.1. The summed E-state index contributed by atoms with van der Waals surface area (Å²) in [6.07, 6.45) is 2.68. The van der Waals surface area contributed by atoms with Crippen LogP contribution in [-0.4, -0.2) is 24.4 Å². The molecule has 0 aromatic carbocycles. The lowest BCUT2D eigenvalue weighted by Gasteiger charge is -1.74. The minimum Gasteiger partial charge on any atom is -0.242 e. The minimum atomic E-state index is 1.34. The van der Waals surface area contributed by atoms with Crippen LogP contribution in [0, 0.1) is 0 Å². The first kappa shape index (κ1) is 3.85. The Morgan fingerprint density at radius 2 is 1.83 bits per heavy atom. The van der Waals surface area contributed by atoms with Gasteiger partial charge in [0.1, 0.15) is 14.1 Å². The third-order valence-corrected chi connectivity index (χ3v) is 1.11. The average molecular weight is 84.1 g/mol. The monoisotopic (exact) mass is 84.1 g/mol. The summed E-state index contributed by atoms with van der Waals surface area (Å²) in [5.41, 5.74) is 1.59. The lowest BCUT2D eigenvalue weighted by molar-refractivity contribution is -0.462. The molecular formula is C5H10N+. The van der Waals surface area contributed by atoms with Crippen molar-refractivity contribution in [1.82, 2.24) is 0 Å². The van der Waals surface area contributed by atoms with Crippen molar-refractivity contribution in [3.63, 3.8) is 0 Å². The van der Waals surface area contributed by atoms with Crippen LogP contribution in [0.25, 0.3) is 0 Å². The van der Waals surface area contributed by atoms with E-state index in [-0.39, 0.29) is 0 Å². The molecule has 0 heterocycles. The number of hydrogen-bond acceptors (Lipinski definition) is 0. The summed E-state index contributed by atoms with van der Waals surface area (Å²) in [5, 5.41) is 0. The lowest BCUT2D eigenvalue weighted by Crippen LogP contribution is -1.96. The third kappa shape index (κ3) is 0.588. The van der Waals surface area contributed by atoms with Gasteiger partial charge in [-0.3, -0.25) is 0 Å². The molecule has 1 heteroatoms. The summed E-state index contributed by atoms with van der Waals surface area (Å²) in [7, 11) is 4.20. The van der Waals surface area contributed by atoms with Crippen LogP contribution in [0.2, 0.25) is 0 Å². The molecule has 0 amide bonds. The highest BCUT2D eigenvalue weighted by Gasteiger charge is 2.21. The van der Waals surface area contributed by atoms with Gasteiger partial charge in [0.2, 0.25) is 0 Å². The van der Waals surface area contributed by atoms with Gasteiger partial charge in [-0.05, 0) is 0 Å². The van der Waals surface area contributed by atoms with Crippen LogP contribution in [0.4, 0.5) is 0 Å². The van der Waals surface area contributed by atoms with Crippen molar-refractivity contribution >= 4 is 5.71 Å².